The van der Waals surface area contributed by atoms with Gasteiger partial charge in [-0.3, -0.25) is 4.55 Å². The van der Waals surface area contributed by atoms with Gasteiger partial charge in [0, 0.05) is 11.1 Å². The largest absolute Gasteiger partial charge is 0.456 e. The van der Waals surface area contributed by atoms with E-state index in [-0.39, 0.29) is 0 Å². The van der Waals surface area contributed by atoms with Gasteiger partial charge >= 0.3 is 0 Å². The summed E-state index contributed by atoms with van der Waals surface area (Å²) in [4.78, 5) is 0. The molecule has 0 saturated carbocycles. The van der Waals surface area contributed by atoms with E-state index in [1.807, 2.05) is 30.3 Å². The second-order valence-corrected chi connectivity index (χ2v) is 7.83. The van der Waals surface area contributed by atoms with Gasteiger partial charge in [0.1, 0.15) is 11.5 Å². The molecule has 2 N–H and O–H groups in total. The third-order valence-corrected chi connectivity index (χ3v) is 4.33. The normalized spacial score (nSPS) is 15.4. The molecule has 0 radical (unpaired) electrons. The summed E-state index contributed by atoms with van der Waals surface area (Å²) < 4.78 is 32.0. The van der Waals surface area contributed by atoms with Gasteiger partial charge in [-0.15, -0.1) is 0 Å². The molecule has 0 saturated heterocycles. The van der Waals surface area contributed by atoms with Gasteiger partial charge in [-0.25, -0.2) is 0 Å². The van der Waals surface area contributed by atoms with Crippen molar-refractivity contribution in [3.8, 4) is 17.6 Å². The Bertz CT molecular complexity index is 1030. The maximum Gasteiger partial charge on any atom is 0.261 e. The van der Waals surface area contributed by atoms with Crippen LogP contribution < -0.4 is 10.1 Å². The smallest absolute Gasteiger partial charge is 0.261 e. The van der Waals surface area contributed by atoms with Crippen molar-refractivity contribution in [2.24, 2.45) is 0 Å². The SMILES string of the molecule is CS(=O)(=O)O.N#Cc1ccc2c(c1)C1=C(CCNCC1)c1ccccc1O2. The fourth-order valence-corrected chi connectivity index (χ4v) is 3.30. The van der Waals surface area contributed by atoms with Crippen LogP contribution >= 0.6 is 0 Å². The third kappa shape index (κ3) is 4.74. The zero-order valence-electron chi connectivity index (χ0n) is 14.9. The predicted octanol–water partition coefficient (Wildman–Crippen LogP) is 3.46. The van der Waals surface area contributed by atoms with Gasteiger partial charge in [0.2, 0.25) is 0 Å². The Hall–Kier alpha value is -2.66. The van der Waals surface area contributed by atoms with Gasteiger partial charge in [0.25, 0.3) is 10.1 Å². The van der Waals surface area contributed by atoms with Crippen LogP contribution in [0.2, 0.25) is 0 Å². The van der Waals surface area contributed by atoms with Gasteiger partial charge in [-0.2, -0.15) is 13.7 Å². The summed E-state index contributed by atoms with van der Waals surface area (Å²) in [7, 11) is -3.67. The van der Waals surface area contributed by atoms with Crippen molar-refractivity contribution in [2.75, 3.05) is 19.3 Å². The molecule has 27 heavy (non-hydrogen) atoms. The molecule has 0 atom stereocenters. The van der Waals surface area contributed by atoms with Gasteiger partial charge in [-0.1, -0.05) is 18.2 Å². The van der Waals surface area contributed by atoms with Crippen molar-refractivity contribution in [1.82, 2.24) is 5.32 Å². The zero-order chi connectivity index (χ0) is 19.4. The van der Waals surface area contributed by atoms with Crippen LogP contribution in [-0.4, -0.2) is 32.3 Å². The molecule has 6 nitrogen and oxygen atoms in total. The van der Waals surface area contributed by atoms with Crippen LogP contribution in [0.25, 0.3) is 11.1 Å². The highest BCUT2D eigenvalue weighted by molar-refractivity contribution is 7.85. The van der Waals surface area contributed by atoms with Crippen molar-refractivity contribution in [1.29, 1.82) is 5.26 Å². The average Bonchev–Trinajstić information content (AvgIpc) is 2.92. The van der Waals surface area contributed by atoms with Gasteiger partial charge in [0.05, 0.1) is 17.9 Å². The quantitative estimate of drug-likeness (QED) is 0.675. The molecular weight excluding hydrogens is 364 g/mol. The number of para-hydroxylation sites is 1. The maximum absolute atomic E-state index is 9.22. The molecule has 140 valence electrons. The van der Waals surface area contributed by atoms with Crippen LogP contribution in [0.1, 0.15) is 29.5 Å². The van der Waals surface area contributed by atoms with E-state index in [0.29, 0.717) is 11.8 Å². The number of hydrogen-bond acceptors (Lipinski definition) is 5. The molecule has 7 heteroatoms. The van der Waals surface area contributed by atoms with Crippen LogP contribution in [0, 0.1) is 11.3 Å². The Morgan fingerprint density at radius 2 is 1.63 bits per heavy atom. The summed E-state index contributed by atoms with van der Waals surface area (Å²) in [5.41, 5.74) is 5.57. The Kier molecular flexibility index (Phi) is 5.61. The van der Waals surface area contributed by atoms with Crippen molar-refractivity contribution in [2.45, 2.75) is 12.8 Å². The number of fused-ring (bicyclic) bond motifs is 4. The first-order chi connectivity index (χ1) is 12.9. The first-order valence-corrected chi connectivity index (χ1v) is 10.4. The first-order valence-electron chi connectivity index (χ1n) is 8.54. The summed E-state index contributed by atoms with van der Waals surface area (Å²) in [6.07, 6.45) is 2.65. The molecule has 2 aliphatic heterocycles. The minimum Gasteiger partial charge on any atom is -0.456 e. The van der Waals surface area contributed by atoms with E-state index >= 15 is 0 Å². The number of benzene rings is 2. The van der Waals surface area contributed by atoms with Gasteiger partial charge in [0.15, 0.2) is 0 Å². The summed E-state index contributed by atoms with van der Waals surface area (Å²) >= 11 is 0. The number of nitrogens with one attached hydrogen (secondary N) is 1. The summed E-state index contributed by atoms with van der Waals surface area (Å²) in [6, 6.07) is 16.1. The summed E-state index contributed by atoms with van der Waals surface area (Å²) in [6.45, 7) is 1.93. The van der Waals surface area contributed by atoms with Crippen LogP contribution in [-0.2, 0) is 10.1 Å². The fraction of sp³-hybridized carbons (Fsp3) is 0.250. The second kappa shape index (κ2) is 7.92. The summed E-state index contributed by atoms with van der Waals surface area (Å²) in [5.74, 6) is 1.75. The lowest BCUT2D eigenvalue weighted by Crippen LogP contribution is -2.14. The monoisotopic (exact) mass is 384 g/mol. The Morgan fingerprint density at radius 1 is 1.04 bits per heavy atom. The third-order valence-electron chi connectivity index (χ3n) is 4.33. The molecule has 0 fully saturated rings. The maximum atomic E-state index is 9.22. The van der Waals surface area contributed by atoms with Gasteiger partial charge < -0.3 is 10.1 Å². The molecule has 2 heterocycles. The lowest BCUT2D eigenvalue weighted by molar-refractivity contribution is 0.480. The average molecular weight is 384 g/mol. The van der Waals surface area contributed by atoms with Crippen LogP contribution in [0.5, 0.6) is 11.5 Å². The Labute approximate surface area is 158 Å². The molecule has 2 aliphatic rings. The van der Waals surface area contributed by atoms with E-state index in [2.05, 4.69) is 23.5 Å². The van der Waals surface area contributed by atoms with Crippen molar-refractivity contribution in [3.63, 3.8) is 0 Å². The minimum atomic E-state index is -3.67. The van der Waals surface area contributed by atoms with E-state index in [0.717, 1.165) is 43.0 Å². The van der Waals surface area contributed by atoms with E-state index < -0.39 is 10.1 Å². The standard InChI is InChI=1S/C19H16N2O.CH4O3S/c20-12-13-5-6-19-17(11-13)15-8-10-21-9-7-14(15)16-3-1-2-4-18(16)22-19;1-5(2,3)4/h1-6,11,21H,7-10H2;1H3,(H,2,3,4). The van der Waals surface area contributed by atoms with Crippen LogP contribution in [0.3, 0.4) is 0 Å². The van der Waals surface area contributed by atoms with E-state index in [4.69, 9.17) is 9.29 Å². The highest BCUT2D eigenvalue weighted by Crippen LogP contribution is 2.45. The molecule has 0 aromatic heterocycles. The molecule has 0 aliphatic carbocycles. The Balaban J connectivity index is 0.000000376. The number of ether oxygens (including phenoxy) is 1. The topological polar surface area (TPSA) is 99.4 Å². The van der Waals surface area contributed by atoms with E-state index in [9.17, 15) is 13.7 Å². The summed E-state index contributed by atoms with van der Waals surface area (Å²) in [5, 5.41) is 12.7. The minimum absolute atomic E-state index is 0.678. The highest BCUT2D eigenvalue weighted by atomic mass is 32.2. The van der Waals surface area contributed by atoms with Crippen molar-refractivity contribution in [3.05, 3.63) is 59.2 Å². The van der Waals surface area contributed by atoms with Crippen LogP contribution in [0.15, 0.2) is 42.5 Å². The lowest BCUT2D eigenvalue weighted by Gasteiger charge is -2.11. The number of nitrogens with zero attached hydrogens (tertiary/aromatic N) is 1. The van der Waals surface area contributed by atoms with E-state index in [1.165, 1.54) is 16.7 Å². The van der Waals surface area contributed by atoms with E-state index in [1.54, 1.807) is 0 Å². The molecule has 0 spiro atoms. The van der Waals surface area contributed by atoms with Crippen LogP contribution in [0.4, 0.5) is 0 Å². The second-order valence-electron chi connectivity index (χ2n) is 6.36. The first kappa shape index (κ1) is 19.1. The molecule has 0 amide bonds. The predicted molar refractivity (Wildman–Crippen MR) is 104 cm³/mol. The number of nitriles is 1. The van der Waals surface area contributed by atoms with Crippen molar-refractivity contribution >= 4 is 21.3 Å². The number of hydrogen-bond donors (Lipinski definition) is 2. The number of rotatable bonds is 0. The van der Waals surface area contributed by atoms with Crippen molar-refractivity contribution < 1.29 is 17.7 Å². The lowest BCUT2D eigenvalue weighted by atomic mass is 9.91. The zero-order valence-corrected chi connectivity index (χ0v) is 15.7. The fourth-order valence-electron chi connectivity index (χ4n) is 3.30. The molecule has 0 bridgehead atoms. The molecule has 4 rings (SSSR count). The molecule has 2 aromatic rings. The molecular formula is C20H20N2O4S. The Morgan fingerprint density at radius 3 is 2.30 bits per heavy atom. The highest BCUT2D eigenvalue weighted by Gasteiger charge is 2.24. The molecule has 0 unspecified atom stereocenters. The molecule has 2 aromatic carbocycles. The van der Waals surface area contributed by atoms with Gasteiger partial charge in [-0.05, 0) is 61.3 Å².